The summed E-state index contributed by atoms with van der Waals surface area (Å²) >= 11 is 2.37. The lowest BCUT2D eigenvalue weighted by Gasteiger charge is -2.14. The van der Waals surface area contributed by atoms with Crippen molar-refractivity contribution in [2.75, 3.05) is 0 Å². The SMILES string of the molecule is C=C(I)/C(=C/C/C(=N\c1ccccc1)c1ccc(-c2ccc3c(ccc4nc(-c5ccccc5)cc(-c5ccccc5)c43)c2)cc1)c1cc(-c2ccccc2)cc(-c2ccccc2)c1. The lowest BCUT2D eigenvalue weighted by atomic mass is 9.92. The Morgan fingerprint density at radius 2 is 1.00 bits per heavy atom. The Bertz CT molecular complexity index is 3260. The van der Waals surface area contributed by atoms with Gasteiger partial charge in [0.1, 0.15) is 0 Å². The van der Waals surface area contributed by atoms with E-state index in [1.807, 2.05) is 24.3 Å². The molecule has 9 aromatic carbocycles. The number of nitrogens with zero attached hydrogens (tertiary/aromatic N) is 2. The molecule has 0 N–H and O–H groups in total. The van der Waals surface area contributed by atoms with E-state index in [9.17, 15) is 0 Å². The summed E-state index contributed by atoms with van der Waals surface area (Å²) in [6.45, 7) is 4.47. The Morgan fingerprint density at radius 1 is 0.469 bits per heavy atom. The molecule has 10 rings (SSSR count). The number of allylic oxidation sites excluding steroid dienone is 3. The fourth-order valence-electron chi connectivity index (χ4n) is 8.55. The fraction of sp³-hybridized carbons (Fsp3) is 0.0164. The van der Waals surface area contributed by atoms with E-state index in [-0.39, 0.29) is 0 Å². The van der Waals surface area contributed by atoms with Gasteiger partial charge in [-0.1, -0.05) is 195 Å². The molecule has 0 radical (unpaired) electrons. The Balaban J connectivity index is 1.01. The lowest BCUT2D eigenvalue weighted by molar-refractivity contribution is 1.38. The molecular weight excluding hydrogens is 888 g/mol. The van der Waals surface area contributed by atoms with E-state index in [1.54, 1.807) is 0 Å². The predicted molar refractivity (Wildman–Crippen MR) is 281 cm³/mol. The maximum Gasteiger partial charge on any atom is 0.0722 e. The standard InChI is InChI=1S/C61H43IN2/c1-42(62)55(53-39-51(43-17-7-2-8-18-43)38-52(40-53)44-19-9-3-10-20-44)34-36-58(63-54-25-15-6-16-26-54)48-29-27-45(28-30-48)49-31-33-56-50(37-49)32-35-59-61(56)57(46-21-11-4-12-22-46)41-60(64-59)47-23-13-5-14-24-47/h2-35,37-41H,1,36H2/b55-34-,63-58+. The smallest absolute Gasteiger partial charge is 0.0722 e. The minimum atomic E-state index is 0.620. The molecule has 0 spiro atoms. The van der Waals surface area contributed by atoms with E-state index >= 15 is 0 Å². The van der Waals surface area contributed by atoms with Crippen LogP contribution in [0.15, 0.2) is 252 Å². The number of hydrogen-bond donors (Lipinski definition) is 0. The molecule has 0 amide bonds. The molecule has 0 aliphatic carbocycles. The normalized spacial score (nSPS) is 11.8. The first-order chi connectivity index (χ1) is 31.5. The van der Waals surface area contributed by atoms with Gasteiger partial charge in [0.2, 0.25) is 0 Å². The van der Waals surface area contributed by atoms with Crippen molar-refractivity contribution in [3.63, 3.8) is 0 Å². The van der Waals surface area contributed by atoms with Crippen LogP contribution in [0.25, 0.3) is 83.0 Å². The van der Waals surface area contributed by atoms with Gasteiger partial charge in [-0.25, -0.2) is 4.98 Å². The summed E-state index contributed by atoms with van der Waals surface area (Å²) in [5.41, 5.74) is 17.6. The molecule has 0 aliphatic heterocycles. The van der Waals surface area contributed by atoms with Crippen LogP contribution in [0.2, 0.25) is 0 Å². The molecule has 0 saturated heterocycles. The van der Waals surface area contributed by atoms with E-state index in [0.29, 0.717) is 6.42 Å². The molecule has 1 aromatic heterocycles. The summed E-state index contributed by atoms with van der Waals surface area (Å²) < 4.78 is 0.976. The van der Waals surface area contributed by atoms with Crippen molar-refractivity contribution >= 4 is 61.2 Å². The number of benzene rings is 9. The van der Waals surface area contributed by atoms with Crippen LogP contribution < -0.4 is 0 Å². The number of hydrogen-bond acceptors (Lipinski definition) is 2. The zero-order valence-electron chi connectivity index (χ0n) is 35.2. The second-order valence-electron chi connectivity index (χ2n) is 15.9. The molecule has 1 heterocycles. The number of rotatable bonds is 11. The molecule has 64 heavy (non-hydrogen) atoms. The number of pyridine rings is 1. The van der Waals surface area contributed by atoms with Crippen LogP contribution in [0, 0.1) is 0 Å². The summed E-state index contributed by atoms with van der Waals surface area (Å²) in [5, 5.41) is 3.53. The number of fused-ring (bicyclic) bond motifs is 3. The monoisotopic (exact) mass is 930 g/mol. The van der Waals surface area contributed by atoms with E-state index in [2.05, 4.69) is 242 Å². The van der Waals surface area contributed by atoms with Crippen LogP contribution >= 0.6 is 22.6 Å². The predicted octanol–water partition coefficient (Wildman–Crippen LogP) is 17.3. The van der Waals surface area contributed by atoms with Crippen molar-refractivity contribution < 1.29 is 0 Å². The highest BCUT2D eigenvalue weighted by Gasteiger charge is 2.15. The van der Waals surface area contributed by atoms with Gasteiger partial charge >= 0.3 is 0 Å². The van der Waals surface area contributed by atoms with Crippen molar-refractivity contribution in [1.29, 1.82) is 0 Å². The largest absolute Gasteiger partial charge is 0.253 e. The van der Waals surface area contributed by atoms with E-state index < -0.39 is 0 Å². The molecule has 3 heteroatoms. The van der Waals surface area contributed by atoms with Gasteiger partial charge in [0, 0.05) is 21.0 Å². The highest BCUT2D eigenvalue weighted by Crippen LogP contribution is 2.39. The molecular formula is C61H43IN2. The molecule has 0 saturated carbocycles. The number of aromatic nitrogens is 1. The van der Waals surface area contributed by atoms with Gasteiger partial charge in [-0.05, 0) is 143 Å². The third kappa shape index (κ3) is 8.76. The minimum absolute atomic E-state index is 0.620. The van der Waals surface area contributed by atoms with Crippen molar-refractivity contribution in [3.8, 4) is 55.8 Å². The first-order valence-electron chi connectivity index (χ1n) is 21.6. The van der Waals surface area contributed by atoms with E-state index in [1.165, 1.54) is 44.2 Å². The Labute approximate surface area is 388 Å². The minimum Gasteiger partial charge on any atom is -0.253 e. The highest BCUT2D eigenvalue weighted by atomic mass is 127. The quantitative estimate of drug-likeness (QED) is 0.0549. The van der Waals surface area contributed by atoms with Gasteiger partial charge in [-0.3, -0.25) is 4.99 Å². The molecule has 304 valence electrons. The second kappa shape index (κ2) is 18.5. The van der Waals surface area contributed by atoms with Gasteiger partial charge in [-0.15, -0.1) is 0 Å². The van der Waals surface area contributed by atoms with Crippen molar-refractivity contribution in [2.45, 2.75) is 6.42 Å². The van der Waals surface area contributed by atoms with Gasteiger partial charge < -0.3 is 0 Å². The third-order valence-electron chi connectivity index (χ3n) is 11.8. The average molecular weight is 931 g/mol. The van der Waals surface area contributed by atoms with Crippen LogP contribution in [-0.4, -0.2) is 10.7 Å². The molecule has 0 bridgehead atoms. The van der Waals surface area contributed by atoms with Gasteiger partial charge in [0.25, 0.3) is 0 Å². The topological polar surface area (TPSA) is 25.2 Å². The lowest BCUT2D eigenvalue weighted by Crippen LogP contribution is -2.00. The molecule has 0 atom stereocenters. The molecule has 0 aliphatic rings. The zero-order valence-corrected chi connectivity index (χ0v) is 37.4. The second-order valence-corrected chi connectivity index (χ2v) is 17.2. The Morgan fingerprint density at radius 3 is 1.59 bits per heavy atom. The van der Waals surface area contributed by atoms with Gasteiger partial charge in [-0.2, -0.15) is 0 Å². The number of halogens is 1. The molecule has 0 unspecified atom stereocenters. The van der Waals surface area contributed by atoms with Crippen LogP contribution in [0.4, 0.5) is 5.69 Å². The maximum atomic E-state index is 5.25. The van der Waals surface area contributed by atoms with Crippen molar-refractivity contribution in [3.05, 3.63) is 258 Å². The summed E-state index contributed by atoms with van der Waals surface area (Å²) in [7, 11) is 0. The van der Waals surface area contributed by atoms with Crippen molar-refractivity contribution in [2.24, 2.45) is 4.99 Å². The van der Waals surface area contributed by atoms with Gasteiger partial charge in [0.15, 0.2) is 0 Å². The first kappa shape index (κ1) is 40.6. The number of para-hydroxylation sites is 1. The summed E-state index contributed by atoms with van der Waals surface area (Å²) in [5.74, 6) is 0. The molecule has 0 fully saturated rings. The average Bonchev–Trinajstić information content (AvgIpc) is 3.36. The van der Waals surface area contributed by atoms with Crippen LogP contribution in [0.5, 0.6) is 0 Å². The summed E-state index contributed by atoms with van der Waals surface area (Å²) in [4.78, 5) is 10.4. The van der Waals surface area contributed by atoms with Crippen LogP contribution in [0.3, 0.4) is 0 Å². The van der Waals surface area contributed by atoms with E-state index in [4.69, 9.17) is 9.98 Å². The van der Waals surface area contributed by atoms with Crippen LogP contribution in [-0.2, 0) is 0 Å². The summed E-state index contributed by atoms with van der Waals surface area (Å²) in [6, 6.07) is 81.7. The Kier molecular flexibility index (Phi) is 11.7. The molecule has 2 nitrogen and oxygen atoms in total. The summed E-state index contributed by atoms with van der Waals surface area (Å²) in [6.07, 6.45) is 2.91. The maximum absolute atomic E-state index is 5.25. The Hall–Kier alpha value is -7.47. The zero-order chi connectivity index (χ0) is 43.2. The van der Waals surface area contributed by atoms with E-state index in [0.717, 1.165) is 65.0 Å². The fourth-order valence-corrected chi connectivity index (χ4v) is 9.08. The number of aliphatic imine (C=N–C) groups is 1. The third-order valence-corrected chi connectivity index (χ3v) is 12.3. The first-order valence-corrected chi connectivity index (χ1v) is 22.6. The van der Waals surface area contributed by atoms with Crippen molar-refractivity contribution in [1.82, 2.24) is 4.98 Å². The van der Waals surface area contributed by atoms with Gasteiger partial charge in [0.05, 0.1) is 22.6 Å². The van der Waals surface area contributed by atoms with Crippen LogP contribution in [0.1, 0.15) is 17.5 Å². The molecule has 10 aromatic rings. The highest BCUT2D eigenvalue weighted by molar-refractivity contribution is 14.1.